The smallest absolute Gasteiger partial charge is 0.376 e. The normalized spacial score (nSPS) is 20.7. The van der Waals surface area contributed by atoms with E-state index in [1.807, 2.05) is 10.6 Å². The van der Waals surface area contributed by atoms with Gasteiger partial charge in [0.2, 0.25) is 0 Å². The van der Waals surface area contributed by atoms with Crippen LogP contribution in [0.15, 0.2) is 81.2 Å². The first-order valence-corrected chi connectivity index (χ1v) is 21.6. The van der Waals surface area contributed by atoms with Crippen LogP contribution in [0, 0.1) is 31.4 Å². The number of hydrogen-bond donors (Lipinski definition) is 1. The Kier molecular flexibility index (Phi) is 8.77. The van der Waals surface area contributed by atoms with Crippen molar-refractivity contribution in [2.75, 3.05) is 13.2 Å². The van der Waals surface area contributed by atoms with Crippen molar-refractivity contribution in [3.63, 3.8) is 0 Å². The molecule has 1 saturated heterocycles. The maximum atomic E-state index is 16.1. The Hall–Kier alpha value is -6.88. The summed E-state index contributed by atoms with van der Waals surface area (Å²) in [4.78, 5) is 46.8. The number of rotatable bonds is 7. The number of imidazole rings is 1. The van der Waals surface area contributed by atoms with Gasteiger partial charge in [-0.25, -0.2) is 23.1 Å². The molecule has 3 aromatic carbocycles. The van der Waals surface area contributed by atoms with Gasteiger partial charge in [-0.05, 0) is 118 Å². The molecule has 1 aliphatic carbocycles. The van der Waals surface area contributed by atoms with Gasteiger partial charge in [0.1, 0.15) is 22.9 Å². The van der Waals surface area contributed by atoms with Crippen molar-refractivity contribution in [2.24, 2.45) is 13.0 Å². The second kappa shape index (κ2) is 14.1. The molecular weight excluding hydrogens is 823 g/mol. The van der Waals surface area contributed by atoms with Crippen LogP contribution in [0.5, 0.6) is 0 Å². The number of ether oxygens (including phenoxy) is 1. The first-order chi connectivity index (χ1) is 30.6. The van der Waals surface area contributed by atoms with Crippen LogP contribution in [0.3, 0.4) is 0 Å². The van der Waals surface area contributed by atoms with Crippen molar-refractivity contribution < 1.29 is 22.8 Å². The molecule has 15 nitrogen and oxygen atoms in total. The Bertz CT molecular complexity index is 3340. The van der Waals surface area contributed by atoms with Crippen molar-refractivity contribution in [2.45, 2.75) is 83.9 Å². The number of carbonyl (C=O) groups excluding carboxylic acids is 1. The zero-order valence-corrected chi connectivity index (χ0v) is 36.3. The number of aromatic amines is 1. The van der Waals surface area contributed by atoms with Gasteiger partial charge in [-0.15, -0.1) is 0 Å². The summed E-state index contributed by atoms with van der Waals surface area (Å²) in [6, 6.07) is 14.9. The second-order valence-electron chi connectivity index (χ2n) is 18.4. The number of carbonyl (C=O) groups is 1. The molecule has 3 atom stereocenters. The molecule has 17 heteroatoms. The number of nitrogens with zero attached hydrogens (tertiary/aromatic N) is 9. The van der Waals surface area contributed by atoms with Gasteiger partial charge in [0.15, 0.2) is 11.6 Å². The lowest BCUT2D eigenvalue weighted by molar-refractivity contribution is -0.0592. The molecule has 2 aliphatic heterocycles. The standard InChI is InChI=1S/C47H46F2N10O5/c1-25-17-31(18-26(2)39(25)48)59-41(57-15-14-56(45(57)62)37-10-9-36-32(40(37)49)23-50-54(36)6)33-24-55(13-11-34(33)52-59)42(60)38-20-30-19-28(29-12-16-63-46(4,5)22-29)7-8-35(30)58(38)47(21-27(47)3)43-51-44(61)64-53-43/h7-10,14-15,17-20,23,27,29H,11-13,16,21-22,24H2,1-6H3,(H,51,53,61)/t27-,29-,47-/m0/s1. The summed E-state index contributed by atoms with van der Waals surface area (Å²) < 4.78 is 50.0. The minimum atomic E-state index is -0.847. The Labute approximate surface area is 364 Å². The number of benzene rings is 3. The molecule has 0 radical (unpaired) electrons. The van der Waals surface area contributed by atoms with Crippen LogP contribution in [0.2, 0.25) is 0 Å². The fourth-order valence-corrected chi connectivity index (χ4v) is 10.4. The maximum Gasteiger partial charge on any atom is 0.438 e. The lowest BCUT2D eigenvalue weighted by Gasteiger charge is -2.35. The van der Waals surface area contributed by atoms with E-state index in [9.17, 15) is 9.59 Å². The summed E-state index contributed by atoms with van der Waals surface area (Å²) in [7, 11) is 1.72. The molecule has 7 heterocycles. The van der Waals surface area contributed by atoms with E-state index in [4.69, 9.17) is 14.4 Å². The van der Waals surface area contributed by atoms with Crippen LogP contribution in [0.25, 0.3) is 39.0 Å². The monoisotopic (exact) mass is 868 g/mol. The maximum absolute atomic E-state index is 16.1. The summed E-state index contributed by atoms with van der Waals surface area (Å²) >= 11 is 0. The Morgan fingerprint density at radius 1 is 0.953 bits per heavy atom. The predicted octanol–water partition coefficient (Wildman–Crippen LogP) is 6.88. The minimum Gasteiger partial charge on any atom is -0.376 e. The third-order valence-electron chi connectivity index (χ3n) is 13.8. The number of nitrogens with one attached hydrogen (secondary N) is 1. The van der Waals surface area contributed by atoms with Crippen molar-refractivity contribution in [1.29, 1.82) is 0 Å². The molecular formula is C47H46F2N10O5. The number of fused-ring (bicyclic) bond motifs is 3. The predicted molar refractivity (Wildman–Crippen MR) is 233 cm³/mol. The highest BCUT2D eigenvalue weighted by atomic mass is 19.1. The van der Waals surface area contributed by atoms with E-state index in [1.54, 1.807) is 65.6 Å². The molecule has 1 N–H and O–H groups in total. The molecule has 3 aliphatic rings. The van der Waals surface area contributed by atoms with Crippen molar-refractivity contribution >= 4 is 27.7 Å². The van der Waals surface area contributed by atoms with E-state index in [1.165, 1.54) is 21.5 Å². The SMILES string of the molecule is Cc1cc(-n2nc3c(c2-n2ccn(-c4ccc5c(cnn5C)c4F)c2=O)CN(C(=O)c2cc4cc([C@H]5CCOC(C)(C)C5)ccc4n2[C@@]2(c4noc(=O)[nH]4)C[C@@H]2C)CC3)cc(C)c1F. The largest absolute Gasteiger partial charge is 0.438 e. The first kappa shape index (κ1) is 39.9. The summed E-state index contributed by atoms with van der Waals surface area (Å²) in [5, 5.41) is 14.5. The van der Waals surface area contributed by atoms with Crippen molar-refractivity contribution in [3.05, 3.63) is 139 Å². The summed E-state index contributed by atoms with van der Waals surface area (Å²) in [5.41, 5.74) is 3.95. The quantitative estimate of drug-likeness (QED) is 0.182. The van der Waals surface area contributed by atoms with E-state index in [0.717, 1.165) is 29.3 Å². The molecule has 0 bridgehead atoms. The Morgan fingerprint density at radius 2 is 1.70 bits per heavy atom. The van der Waals surface area contributed by atoms with Gasteiger partial charge in [0.05, 0.1) is 46.3 Å². The molecule has 1 amide bonds. The van der Waals surface area contributed by atoms with E-state index < -0.39 is 22.8 Å². The Balaban J connectivity index is 1.04. The van der Waals surface area contributed by atoms with E-state index in [-0.39, 0.29) is 46.8 Å². The van der Waals surface area contributed by atoms with E-state index in [0.29, 0.717) is 76.9 Å². The fourth-order valence-electron chi connectivity index (χ4n) is 10.4. The molecule has 64 heavy (non-hydrogen) atoms. The van der Waals surface area contributed by atoms with Gasteiger partial charge in [-0.1, -0.05) is 18.1 Å². The number of amides is 1. The zero-order valence-electron chi connectivity index (χ0n) is 36.3. The van der Waals surface area contributed by atoms with Gasteiger partial charge in [-0.2, -0.15) is 10.2 Å². The van der Waals surface area contributed by atoms with Crippen LogP contribution in [0.1, 0.15) is 90.2 Å². The fraction of sp³-hybridized carbons (Fsp3) is 0.362. The highest BCUT2D eigenvalue weighted by Gasteiger charge is 2.59. The third-order valence-corrected chi connectivity index (χ3v) is 13.8. The summed E-state index contributed by atoms with van der Waals surface area (Å²) in [5.74, 6) is -0.903. The lowest BCUT2D eigenvalue weighted by Crippen LogP contribution is -2.39. The second-order valence-corrected chi connectivity index (χ2v) is 18.4. The van der Waals surface area contributed by atoms with Gasteiger partial charge in [0, 0.05) is 55.5 Å². The zero-order chi connectivity index (χ0) is 44.6. The average molecular weight is 869 g/mol. The van der Waals surface area contributed by atoms with E-state index >= 15 is 13.6 Å². The number of halogens is 2. The Morgan fingerprint density at radius 3 is 2.42 bits per heavy atom. The van der Waals surface area contributed by atoms with Gasteiger partial charge >= 0.3 is 11.4 Å². The molecule has 1 saturated carbocycles. The lowest BCUT2D eigenvalue weighted by atomic mass is 9.83. The van der Waals surface area contributed by atoms with Crippen molar-refractivity contribution in [3.8, 4) is 17.2 Å². The van der Waals surface area contributed by atoms with Crippen LogP contribution in [0.4, 0.5) is 8.78 Å². The van der Waals surface area contributed by atoms with Gasteiger partial charge < -0.3 is 14.2 Å². The number of aryl methyl sites for hydroxylation is 3. The van der Waals surface area contributed by atoms with E-state index in [2.05, 4.69) is 54.2 Å². The minimum absolute atomic E-state index is 0.00593. The topological polar surface area (TPSA) is 156 Å². The molecule has 0 unspecified atom stereocenters. The molecule has 8 aromatic rings. The number of aromatic nitrogens is 9. The summed E-state index contributed by atoms with van der Waals surface area (Å²) in [6.07, 6.45) is 7.18. The highest BCUT2D eigenvalue weighted by molar-refractivity contribution is 5.99. The van der Waals surface area contributed by atoms with Crippen LogP contribution >= 0.6 is 0 Å². The summed E-state index contributed by atoms with van der Waals surface area (Å²) in [6.45, 7) is 10.7. The molecule has 5 aromatic heterocycles. The average Bonchev–Trinajstić information content (AvgIpc) is 3.89. The van der Waals surface area contributed by atoms with Crippen LogP contribution in [-0.2, 0) is 30.3 Å². The first-order valence-electron chi connectivity index (χ1n) is 21.6. The van der Waals surface area contributed by atoms with Crippen molar-refractivity contribution in [1.82, 2.24) is 48.3 Å². The van der Waals surface area contributed by atoms with Crippen LogP contribution < -0.4 is 11.4 Å². The number of hydrogen-bond acceptors (Lipinski definition) is 8. The van der Waals surface area contributed by atoms with Gasteiger partial charge in [-0.3, -0.25) is 28.1 Å². The molecule has 0 spiro atoms. The van der Waals surface area contributed by atoms with Gasteiger partial charge in [0.25, 0.3) is 5.91 Å². The highest BCUT2D eigenvalue weighted by Crippen LogP contribution is 2.56. The number of H-pyrrole nitrogens is 1. The molecule has 2 fully saturated rings. The van der Waals surface area contributed by atoms with Crippen LogP contribution in [-0.4, -0.2) is 73.0 Å². The third kappa shape index (κ3) is 5.99. The molecule has 11 rings (SSSR count). The molecule has 328 valence electrons.